The summed E-state index contributed by atoms with van der Waals surface area (Å²) in [6, 6.07) is 24.5. The van der Waals surface area contributed by atoms with Crippen molar-refractivity contribution in [3.8, 4) is 0 Å². The maximum atomic E-state index is 4.08. The maximum Gasteiger partial charge on any atom is 0.0271 e. The molecule has 2 heterocycles. The van der Waals surface area contributed by atoms with Crippen molar-refractivity contribution in [1.82, 2.24) is 15.2 Å². The Morgan fingerprint density at radius 1 is 0.852 bits per heavy atom. The molecule has 138 valence electrons. The summed E-state index contributed by atoms with van der Waals surface area (Å²) in [4.78, 5) is 6.73. The van der Waals surface area contributed by atoms with Gasteiger partial charge in [-0.2, -0.15) is 0 Å². The number of nitrogens with zero attached hydrogens (tertiary/aromatic N) is 2. The van der Waals surface area contributed by atoms with E-state index >= 15 is 0 Å². The summed E-state index contributed by atoms with van der Waals surface area (Å²) in [5, 5.41) is 3.59. The highest BCUT2D eigenvalue weighted by atomic mass is 15.2. The van der Waals surface area contributed by atoms with E-state index in [2.05, 4.69) is 81.9 Å². The van der Waals surface area contributed by atoms with Crippen molar-refractivity contribution >= 4 is 0 Å². The monoisotopic (exact) mass is 357 g/mol. The molecule has 0 amide bonds. The van der Waals surface area contributed by atoms with Gasteiger partial charge in [-0.1, -0.05) is 54.6 Å². The zero-order valence-corrected chi connectivity index (χ0v) is 15.7. The molecule has 27 heavy (non-hydrogen) atoms. The summed E-state index contributed by atoms with van der Waals surface area (Å²) in [5.74, 6) is 0. The van der Waals surface area contributed by atoms with Crippen LogP contribution in [0.2, 0.25) is 0 Å². The van der Waals surface area contributed by atoms with Gasteiger partial charge < -0.3 is 5.32 Å². The third kappa shape index (κ3) is 4.82. The predicted octanol–water partition coefficient (Wildman–Crippen LogP) is 3.84. The maximum absolute atomic E-state index is 4.08. The number of rotatable bonds is 7. The highest BCUT2D eigenvalue weighted by Gasteiger charge is 2.25. The average Bonchev–Trinajstić information content (AvgIpc) is 2.73. The molecule has 1 atom stereocenters. The molecule has 3 heteroatoms. The van der Waals surface area contributed by atoms with Gasteiger partial charge in [0.25, 0.3) is 0 Å². The van der Waals surface area contributed by atoms with E-state index in [9.17, 15) is 0 Å². The van der Waals surface area contributed by atoms with Crippen LogP contribution in [-0.4, -0.2) is 29.0 Å². The zero-order valence-electron chi connectivity index (χ0n) is 15.7. The topological polar surface area (TPSA) is 28.2 Å². The van der Waals surface area contributed by atoms with Crippen LogP contribution in [0.3, 0.4) is 0 Å². The van der Waals surface area contributed by atoms with Crippen LogP contribution in [0.25, 0.3) is 0 Å². The normalized spacial score (nSPS) is 16.8. The molecule has 1 aliphatic rings. The van der Waals surface area contributed by atoms with E-state index in [4.69, 9.17) is 0 Å². The SMILES string of the molecule is c1ccc(CC2Cc3ccccc3CN2CCNCc2ccncc2)cc1. The first-order valence-corrected chi connectivity index (χ1v) is 9.83. The number of nitrogens with one attached hydrogen (secondary N) is 1. The summed E-state index contributed by atoms with van der Waals surface area (Å²) in [6.07, 6.45) is 5.96. The summed E-state index contributed by atoms with van der Waals surface area (Å²) in [6.45, 7) is 4.01. The largest absolute Gasteiger partial charge is 0.311 e. The molecule has 0 aliphatic carbocycles. The smallest absolute Gasteiger partial charge is 0.0271 e. The van der Waals surface area contributed by atoms with Crippen LogP contribution in [0.1, 0.15) is 22.3 Å². The first-order valence-electron chi connectivity index (χ1n) is 9.83. The van der Waals surface area contributed by atoms with Crippen molar-refractivity contribution in [2.24, 2.45) is 0 Å². The lowest BCUT2D eigenvalue weighted by molar-refractivity contribution is 0.170. The van der Waals surface area contributed by atoms with Crippen LogP contribution in [0.5, 0.6) is 0 Å². The van der Waals surface area contributed by atoms with Crippen molar-refractivity contribution < 1.29 is 0 Å². The van der Waals surface area contributed by atoms with Crippen LogP contribution >= 0.6 is 0 Å². The van der Waals surface area contributed by atoms with Gasteiger partial charge in [0.1, 0.15) is 0 Å². The third-order valence-corrected chi connectivity index (χ3v) is 5.43. The molecule has 2 aromatic carbocycles. The molecule has 0 fully saturated rings. The molecule has 0 saturated carbocycles. The third-order valence-electron chi connectivity index (χ3n) is 5.43. The minimum atomic E-state index is 0.560. The molecule has 4 rings (SSSR count). The number of fused-ring (bicyclic) bond motifs is 1. The second-order valence-corrected chi connectivity index (χ2v) is 7.32. The first-order chi connectivity index (χ1) is 13.4. The standard InChI is InChI=1S/C24H27N3/c1-2-6-20(7-3-1)16-24-17-22-8-4-5-9-23(22)19-27(24)15-14-26-18-21-10-12-25-13-11-21/h1-13,24,26H,14-19H2. The number of hydrogen-bond acceptors (Lipinski definition) is 3. The Kier molecular flexibility index (Phi) is 5.92. The molecule has 0 saturated heterocycles. The zero-order chi connectivity index (χ0) is 18.3. The summed E-state index contributed by atoms with van der Waals surface area (Å²) >= 11 is 0. The summed E-state index contributed by atoms with van der Waals surface area (Å²) in [7, 11) is 0. The van der Waals surface area contributed by atoms with Gasteiger partial charge in [0.2, 0.25) is 0 Å². The predicted molar refractivity (Wildman–Crippen MR) is 110 cm³/mol. The van der Waals surface area contributed by atoms with Crippen LogP contribution in [0.15, 0.2) is 79.1 Å². The van der Waals surface area contributed by atoms with E-state index in [1.807, 2.05) is 12.4 Å². The minimum absolute atomic E-state index is 0.560. The molecular formula is C24H27N3. The fourth-order valence-corrected chi connectivity index (χ4v) is 3.95. The number of benzene rings is 2. The minimum Gasteiger partial charge on any atom is -0.311 e. The van der Waals surface area contributed by atoms with Gasteiger partial charge in [-0.15, -0.1) is 0 Å². The van der Waals surface area contributed by atoms with E-state index in [0.717, 1.165) is 39.0 Å². The number of hydrogen-bond donors (Lipinski definition) is 1. The van der Waals surface area contributed by atoms with Crippen molar-refractivity contribution in [2.75, 3.05) is 13.1 Å². The van der Waals surface area contributed by atoms with E-state index in [1.165, 1.54) is 22.3 Å². The fraction of sp³-hybridized carbons (Fsp3) is 0.292. The van der Waals surface area contributed by atoms with Gasteiger partial charge in [0, 0.05) is 44.6 Å². The molecule has 0 radical (unpaired) electrons. The van der Waals surface area contributed by atoms with Crippen molar-refractivity contribution in [1.29, 1.82) is 0 Å². The summed E-state index contributed by atoms with van der Waals surface area (Å²) in [5.41, 5.74) is 5.71. The lowest BCUT2D eigenvalue weighted by atomic mass is 9.90. The van der Waals surface area contributed by atoms with E-state index in [-0.39, 0.29) is 0 Å². The van der Waals surface area contributed by atoms with Gasteiger partial charge in [0.15, 0.2) is 0 Å². The Bertz CT molecular complexity index is 833. The molecule has 1 N–H and O–H groups in total. The van der Waals surface area contributed by atoms with E-state index in [0.29, 0.717) is 6.04 Å². The van der Waals surface area contributed by atoms with Crippen LogP contribution < -0.4 is 5.32 Å². The molecule has 3 nitrogen and oxygen atoms in total. The molecule has 1 aliphatic heterocycles. The van der Waals surface area contributed by atoms with Gasteiger partial charge >= 0.3 is 0 Å². The Morgan fingerprint density at radius 3 is 2.41 bits per heavy atom. The lowest BCUT2D eigenvalue weighted by Gasteiger charge is -2.37. The Hall–Kier alpha value is -2.49. The number of pyridine rings is 1. The fourth-order valence-electron chi connectivity index (χ4n) is 3.95. The van der Waals surface area contributed by atoms with Crippen molar-refractivity contribution in [2.45, 2.75) is 32.0 Å². The van der Waals surface area contributed by atoms with Crippen LogP contribution in [-0.2, 0) is 25.9 Å². The second-order valence-electron chi connectivity index (χ2n) is 7.32. The van der Waals surface area contributed by atoms with Gasteiger partial charge in [-0.25, -0.2) is 0 Å². The molecule has 1 unspecified atom stereocenters. The Morgan fingerprint density at radius 2 is 1.59 bits per heavy atom. The van der Waals surface area contributed by atoms with E-state index < -0.39 is 0 Å². The molecule has 1 aromatic heterocycles. The highest BCUT2D eigenvalue weighted by molar-refractivity contribution is 5.31. The van der Waals surface area contributed by atoms with Crippen LogP contribution in [0.4, 0.5) is 0 Å². The number of aromatic nitrogens is 1. The molecular weight excluding hydrogens is 330 g/mol. The Balaban J connectivity index is 1.39. The van der Waals surface area contributed by atoms with Gasteiger partial charge in [-0.05, 0) is 47.2 Å². The average molecular weight is 358 g/mol. The van der Waals surface area contributed by atoms with Crippen LogP contribution in [0, 0.1) is 0 Å². The van der Waals surface area contributed by atoms with E-state index in [1.54, 1.807) is 0 Å². The lowest BCUT2D eigenvalue weighted by Crippen LogP contribution is -2.44. The highest BCUT2D eigenvalue weighted by Crippen LogP contribution is 2.25. The quantitative estimate of drug-likeness (QED) is 0.651. The molecule has 3 aromatic rings. The second kappa shape index (κ2) is 8.94. The van der Waals surface area contributed by atoms with Crippen molar-refractivity contribution in [3.63, 3.8) is 0 Å². The Labute approximate surface area is 162 Å². The first kappa shape index (κ1) is 17.9. The van der Waals surface area contributed by atoms with Crippen molar-refractivity contribution in [3.05, 3.63) is 101 Å². The van der Waals surface area contributed by atoms with Gasteiger partial charge in [-0.3, -0.25) is 9.88 Å². The molecule has 0 bridgehead atoms. The molecule has 0 spiro atoms. The van der Waals surface area contributed by atoms with Gasteiger partial charge in [0.05, 0.1) is 0 Å². The summed E-state index contributed by atoms with van der Waals surface area (Å²) < 4.78 is 0.